The van der Waals surface area contributed by atoms with Gasteiger partial charge < -0.3 is 9.15 Å². The van der Waals surface area contributed by atoms with Crippen LogP contribution in [0.2, 0.25) is 0 Å². The van der Waals surface area contributed by atoms with Crippen LogP contribution in [0.1, 0.15) is 24.1 Å². The van der Waals surface area contributed by atoms with Gasteiger partial charge in [-0.2, -0.15) is 0 Å². The number of rotatable bonds is 4. The maximum atomic E-state index is 10.6. The number of aromatic nitrogens is 2. The van der Waals surface area contributed by atoms with E-state index in [1.54, 1.807) is 18.6 Å². The summed E-state index contributed by atoms with van der Waals surface area (Å²) in [6.07, 6.45) is 5.61. The second-order valence-corrected chi connectivity index (χ2v) is 3.54. The molecule has 5 nitrogen and oxygen atoms in total. The number of nitrogens with zero attached hydrogens (tertiary/aromatic N) is 2. The molecule has 0 unspecified atom stereocenters. The molecule has 0 saturated heterocycles. The van der Waals surface area contributed by atoms with Crippen LogP contribution in [0, 0.1) is 0 Å². The Kier molecular flexibility index (Phi) is 3.49. The third-order valence-corrected chi connectivity index (χ3v) is 2.10. The Morgan fingerprint density at radius 1 is 1.47 bits per heavy atom. The van der Waals surface area contributed by atoms with Crippen LogP contribution in [0.4, 0.5) is 0 Å². The van der Waals surface area contributed by atoms with Crippen molar-refractivity contribution >= 4 is 5.97 Å². The second-order valence-electron chi connectivity index (χ2n) is 3.54. The highest BCUT2D eigenvalue weighted by molar-refractivity contribution is 5.65. The molecular formula is C12H12N2O3. The lowest BCUT2D eigenvalue weighted by Gasteiger charge is -1.97. The largest absolute Gasteiger partial charge is 0.458 e. The van der Waals surface area contributed by atoms with E-state index in [1.807, 2.05) is 12.1 Å². The summed E-state index contributed by atoms with van der Waals surface area (Å²) in [7, 11) is 0. The summed E-state index contributed by atoms with van der Waals surface area (Å²) in [4.78, 5) is 18.7. The Bertz CT molecular complexity index is 493. The van der Waals surface area contributed by atoms with Crippen LogP contribution in [0.5, 0.6) is 0 Å². The van der Waals surface area contributed by atoms with Crippen molar-refractivity contribution in [3.05, 3.63) is 47.9 Å². The van der Waals surface area contributed by atoms with E-state index in [-0.39, 0.29) is 12.6 Å². The molecule has 0 aliphatic heterocycles. The van der Waals surface area contributed by atoms with Gasteiger partial charge in [-0.1, -0.05) is 6.07 Å². The zero-order chi connectivity index (χ0) is 12.1. The highest BCUT2D eigenvalue weighted by Gasteiger charge is 2.06. The van der Waals surface area contributed by atoms with Crippen molar-refractivity contribution < 1.29 is 13.9 Å². The summed E-state index contributed by atoms with van der Waals surface area (Å²) in [6, 6.07) is 3.81. The average molecular weight is 232 g/mol. The molecule has 0 fully saturated rings. The number of hydrogen-bond donors (Lipinski definition) is 0. The van der Waals surface area contributed by atoms with E-state index in [0.717, 1.165) is 5.56 Å². The molecule has 0 saturated carbocycles. The van der Waals surface area contributed by atoms with E-state index < -0.39 is 0 Å². The number of ether oxygens (including phenoxy) is 1. The van der Waals surface area contributed by atoms with Gasteiger partial charge in [0.25, 0.3) is 0 Å². The Morgan fingerprint density at radius 3 is 3.06 bits per heavy atom. The number of hydrogen-bond acceptors (Lipinski definition) is 5. The number of carbonyl (C=O) groups excluding carboxylic acids is 1. The van der Waals surface area contributed by atoms with Gasteiger partial charge in [0.2, 0.25) is 0 Å². The third kappa shape index (κ3) is 3.41. The summed E-state index contributed by atoms with van der Waals surface area (Å²) in [5.74, 6) is 0.787. The van der Waals surface area contributed by atoms with Gasteiger partial charge in [0, 0.05) is 19.3 Å². The Morgan fingerprint density at radius 2 is 2.35 bits per heavy atom. The van der Waals surface area contributed by atoms with E-state index in [9.17, 15) is 4.79 Å². The van der Waals surface area contributed by atoms with Crippen LogP contribution in [0.15, 0.2) is 35.1 Å². The molecule has 88 valence electrons. The molecule has 0 bridgehead atoms. The summed E-state index contributed by atoms with van der Waals surface area (Å²) < 4.78 is 10.2. The van der Waals surface area contributed by atoms with Crippen molar-refractivity contribution in [3.63, 3.8) is 0 Å². The predicted octanol–water partition coefficient (Wildman–Crippen LogP) is 1.72. The fourth-order valence-electron chi connectivity index (χ4n) is 1.35. The van der Waals surface area contributed by atoms with Crippen molar-refractivity contribution in [2.75, 3.05) is 0 Å². The molecule has 0 aliphatic rings. The molecule has 0 spiro atoms. The monoisotopic (exact) mass is 232 g/mol. The second kappa shape index (κ2) is 5.25. The third-order valence-electron chi connectivity index (χ3n) is 2.10. The van der Waals surface area contributed by atoms with Crippen molar-refractivity contribution in [1.29, 1.82) is 0 Å². The molecule has 2 heterocycles. The molecule has 0 aliphatic carbocycles. The number of oxazole rings is 1. The van der Waals surface area contributed by atoms with Gasteiger partial charge >= 0.3 is 5.97 Å². The standard InChI is InChI=1S/C12H12N2O3/c1-9(15)16-8-11-7-14-12(17-11)5-10-3-2-4-13-6-10/h2-4,6-7H,5,8H2,1H3. The lowest BCUT2D eigenvalue weighted by atomic mass is 10.2. The van der Waals surface area contributed by atoms with Crippen LogP contribution in [-0.4, -0.2) is 15.9 Å². The smallest absolute Gasteiger partial charge is 0.303 e. The van der Waals surface area contributed by atoms with Crippen LogP contribution in [-0.2, 0) is 22.6 Å². The van der Waals surface area contributed by atoms with Gasteiger partial charge in [0.1, 0.15) is 0 Å². The van der Waals surface area contributed by atoms with Crippen LogP contribution < -0.4 is 0 Å². The first kappa shape index (κ1) is 11.3. The highest BCUT2D eigenvalue weighted by atomic mass is 16.5. The normalized spacial score (nSPS) is 10.2. The first-order valence-corrected chi connectivity index (χ1v) is 5.20. The van der Waals surface area contributed by atoms with Crippen molar-refractivity contribution in [1.82, 2.24) is 9.97 Å². The van der Waals surface area contributed by atoms with E-state index in [1.165, 1.54) is 6.92 Å². The number of carbonyl (C=O) groups is 1. The van der Waals surface area contributed by atoms with Crippen LogP contribution in [0.25, 0.3) is 0 Å². The Labute approximate surface area is 98.5 Å². The average Bonchev–Trinajstić information content (AvgIpc) is 2.75. The summed E-state index contributed by atoms with van der Waals surface area (Å²) in [6.45, 7) is 1.47. The maximum Gasteiger partial charge on any atom is 0.303 e. The molecule has 0 N–H and O–H groups in total. The van der Waals surface area contributed by atoms with Crippen LogP contribution >= 0.6 is 0 Å². The lowest BCUT2D eigenvalue weighted by molar-refractivity contribution is -0.142. The van der Waals surface area contributed by atoms with Gasteiger partial charge in [-0.25, -0.2) is 4.98 Å². The topological polar surface area (TPSA) is 65.2 Å². The summed E-state index contributed by atoms with van der Waals surface area (Å²) >= 11 is 0. The van der Waals surface area contributed by atoms with E-state index >= 15 is 0 Å². The van der Waals surface area contributed by atoms with Crippen molar-refractivity contribution in [2.45, 2.75) is 20.0 Å². The Balaban J connectivity index is 1.97. The highest BCUT2D eigenvalue weighted by Crippen LogP contribution is 2.10. The minimum atomic E-state index is -0.338. The summed E-state index contributed by atoms with van der Waals surface area (Å²) in [5, 5.41) is 0. The molecule has 0 aromatic carbocycles. The predicted molar refractivity (Wildman–Crippen MR) is 59.0 cm³/mol. The SMILES string of the molecule is CC(=O)OCc1cnc(Cc2cccnc2)o1. The fourth-order valence-corrected chi connectivity index (χ4v) is 1.35. The molecule has 0 amide bonds. The maximum absolute atomic E-state index is 10.6. The number of pyridine rings is 1. The van der Waals surface area contributed by atoms with Crippen LogP contribution in [0.3, 0.4) is 0 Å². The zero-order valence-electron chi connectivity index (χ0n) is 9.42. The van der Waals surface area contributed by atoms with Gasteiger partial charge in [0.15, 0.2) is 18.3 Å². The molecule has 0 radical (unpaired) electrons. The molecule has 2 aromatic heterocycles. The van der Waals surface area contributed by atoms with E-state index in [4.69, 9.17) is 9.15 Å². The molecule has 2 aromatic rings. The van der Waals surface area contributed by atoms with Gasteiger partial charge in [-0.05, 0) is 11.6 Å². The zero-order valence-corrected chi connectivity index (χ0v) is 9.42. The van der Waals surface area contributed by atoms with Gasteiger partial charge in [-0.15, -0.1) is 0 Å². The molecule has 0 atom stereocenters. The first-order chi connectivity index (χ1) is 8.24. The summed E-state index contributed by atoms with van der Waals surface area (Å²) in [5.41, 5.74) is 1.02. The first-order valence-electron chi connectivity index (χ1n) is 5.20. The van der Waals surface area contributed by atoms with Gasteiger partial charge in [0.05, 0.1) is 12.6 Å². The van der Waals surface area contributed by atoms with Crippen molar-refractivity contribution in [2.24, 2.45) is 0 Å². The molecule has 17 heavy (non-hydrogen) atoms. The minimum Gasteiger partial charge on any atom is -0.458 e. The quantitative estimate of drug-likeness (QED) is 0.751. The van der Waals surface area contributed by atoms with E-state index in [0.29, 0.717) is 18.1 Å². The molecule has 2 rings (SSSR count). The lowest BCUT2D eigenvalue weighted by Crippen LogP contribution is -1.97. The van der Waals surface area contributed by atoms with Crippen molar-refractivity contribution in [3.8, 4) is 0 Å². The minimum absolute atomic E-state index is 0.120. The molecular weight excluding hydrogens is 220 g/mol. The van der Waals surface area contributed by atoms with E-state index in [2.05, 4.69) is 9.97 Å². The van der Waals surface area contributed by atoms with Gasteiger partial charge in [-0.3, -0.25) is 9.78 Å². The fraction of sp³-hybridized carbons (Fsp3) is 0.250. The number of esters is 1. The molecule has 5 heteroatoms. The Hall–Kier alpha value is -2.17.